The van der Waals surface area contributed by atoms with E-state index in [0.717, 1.165) is 10.9 Å². The van der Waals surface area contributed by atoms with E-state index >= 15 is 0 Å². The van der Waals surface area contributed by atoms with Crippen LogP contribution in [0.5, 0.6) is 0 Å². The number of pyridine rings is 1. The van der Waals surface area contributed by atoms with Crippen LogP contribution in [0.3, 0.4) is 0 Å². The third-order valence-corrected chi connectivity index (χ3v) is 5.85. The fraction of sp³-hybridized carbons (Fsp3) is 0.158. The summed E-state index contributed by atoms with van der Waals surface area (Å²) >= 11 is 0. The Labute approximate surface area is 145 Å². The van der Waals surface area contributed by atoms with E-state index in [-0.39, 0.29) is 16.2 Å². The van der Waals surface area contributed by atoms with Crippen LogP contribution >= 0.6 is 0 Å². The van der Waals surface area contributed by atoms with Crippen molar-refractivity contribution in [3.05, 3.63) is 81.4 Å². The molecule has 6 heteroatoms. The van der Waals surface area contributed by atoms with Crippen molar-refractivity contribution < 1.29 is 8.42 Å². The van der Waals surface area contributed by atoms with E-state index in [1.165, 1.54) is 24.3 Å². The molecule has 0 N–H and O–H groups in total. The third-order valence-electron chi connectivity index (χ3n) is 4.15. The standard InChI is InChI=1S/C19H16N2O3S/c1-13-10-15-11-14(4-9-18(15)21(3)19(13)22)12-25(23,24)17-7-5-16(20-2)6-8-17/h4-11H,12H2,1,3H3. The molecule has 0 atom stereocenters. The fourth-order valence-electron chi connectivity index (χ4n) is 2.81. The zero-order valence-electron chi connectivity index (χ0n) is 13.9. The van der Waals surface area contributed by atoms with Gasteiger partial charge in [-0.25, -0.2) is 13.3 Å². The second kappa shape index (κ2) is 6.19. The van der Waals surface area contributed by atoms with E-state index in [2.05, 4.69) is 4.85 Å². The van der Waals surface area contributed by atoms with Crippen LogP contribution in [-0.2, 0) is 22.6 Å². The van der Waals surface area contributed by atoms with Crippen molar-refractivity contribution in [2.45, 2.75) is 17.6 Å². The summed E-state index contributed by atoms with van der Waals surface area (Å²) < 4.78 is 26.7. The first-order valence-electron chi connectivity index (χ1n) is 7.61. The van der Waals surface area contributed by atoms with Crippen molar-refractivity contribution in [3.8, 4) is 0 Å². The van der Waals surface area contributed by atoms with Gasteiger partial charge in [0.1, 0.15) is 0 Å². The molecule has 3 rings (SSSR count). The lowest BCUT2D eigenvalue weighted by Crippen LogP contribution is -2.19. The molecule has 0 spiro atoms. The lowest BCUT2D eigenvalue weighted by atomic mass is 10.1. The first kappa shape index (κ1) is 16.9. The van der Waals surface area contributed by atoms with Crippen molar-refractivity contribution in [1.82, 2.24) is 4.57 Å². The SMILES string of the molecule is [C-]#[N+]c1ccc(S(=O)(=O)Cc2ccc3c(c2)cc(C)c(=O)n3C)cc1. The van der Waals surface area contributed by atoms with E-state index in [1.54, 1.807) is 42.8 Å². The Hall–Kier alpha value is -2.91. The highest BCUT2D eigenvalue weighted by atomic mass is 32.2. The summed E-state index contributed by atoms with van der Waals surface area (Å²) in [5.74, 6) is -0.137. The summed E-state index contributed by atoms with van der Waals surface area (Å²) in [5.41, 5.74) is 2.37. The zero-order valence-corrected chi connectivity index (χ0v) is 14.7. The monoisotopic (exact) mass is 352 g/mol. The summed E-state index contributed by atoms with van der Waals surface area (Å²) in [6.07, 6.45) is 0. The molecule has 0 aliphatic carbocycles. The maximum absolute atomic E-state index is 12.6. The Balaban J connectivity index is 2.00. The molecule has 0 radical (unpaired) electrons. The minimum atomic E-state index is -3.51. The largest absolute Gasteiger partial charge is 0.311 e. The number of nitrogens with zero attached hydrogens (tertiary/aromatic N) is 2. The lowest BCUT2D eigenvalue weighted by molar-refractivity contribution is 0.595. The fourth-order valence-corrected chi connectivity index (χ4v) is 4.15. The molecule has 0 aliphatic heterocycles. The Morgan fingerprint density at radius 1 is 1.08 bits per heavy atom. The Morgan fingerprint density at radius 3 is 2.40 bits per heavy atom. The van der Waals surface area contributed by atoms with Crippen molar-refractivity contribution >= 4 is 26.4 Å². The van der Waals surface area contributed by atoms with Crippen molar-refractivity contribution in [1.29, 1.82) is 0 Å². The molecule has 5 nitrogen and oxygen atoms in total. The molecule has 0 unspecified atom stereocenters. The first-order chi connectivity index (χ1) is 11.8. The second-order valence-electron chi connectivity index (χ2n) is 5.95. The average molecular weight is 352 g/mol. The van der Waals surface area contributed by atoms with Crippen LogP contribution in [0.2, 0.25) is 0 Å². The molecule has 0 bridgehead atoms. The highest BCUT2D eigenvalue weighted by Crippen LogP contribution is 2.22. The molecule has 3 aromatic rings. The summed E-state index contributed by atoms with van der Waals surface area (Å²) in [7, 11) is -1.81. The third kappa shape index (κ3) is 3.19. The van der Waals surface area contributed by atoms with Gasteiger partial charge in [0.25, 0.3) is 5.56 Å². The Morgan fingerprint density at radius 2 is 1.76 bits per heavy atom. The highest BCUT2D eigenvalue weighted by molar-refractivity contribution is 7.90. The molecule has 0 aliphatic rings. The maximum atomic E-state index is 12.6. The van der Waals surface area contributed by atoms with Crippen LogP contribution in [0.25, 0.3) is 15.7 Å². The smallest absolute Gasteiger partial charge is 0.253 e. The normalized spacial score (nSPS) is 11.4. The number of hydrogen-bond acceptors (Lipinski definition) is 3. The molecular formula is C19H16N2O3S. The molecule has 25 heavy (non-hydrogen) atoms. The van der Waals surface area contributed by atoms with Crippen LogP contribution in [0.1, 0.15) is 11.1 Å². The molecule has 2 aromatic carbocycles. The van der Waals surface area contributed by atoms with Crippen molar-refractivity contribution in [3.63, 3.8) is 0 Å². The van der Waals surface area contributed by atoms with Crippen LogP contribution < -0.4 is 5.56 Å². The van der Waals surface area contributed by atoms with Gasteiger partial charge in [-0.3, -0.25) is 4.79 Å². The summed E-state index contributed by atoms with van der Waals surface area (Å²) in [6.45, 7) is 8.67. The number of benzene rings is 2. The van der Waals surface area contributed by atoms with Crippen LogP contribution in [0.4, 0.5) is 5.69 Å². The number of fused-ring (bicyclic) bond motifs is 1. The number of aryl methyl sites for hydroxylation is 2. The Bertz CT molecular complexity index is 1170. The van der Waals surface area contributed by atoms with E-state index in [4.69, 9.17) is 6.57 Å². The molecule has 0 saturated heterocycles. The molecule has 0 fully saturated rings. The molecule has 0 saturated carbocycles. The first-order valence-corrected chi connectivity index (χ1v) is 9.26. The molecule has 1 aromatic heterocycles. The average Bonchev–Trinajstić information content (AvgIpc) is 2.59. The quantitative estimate of drug-likeness (QED) is 0.679. The number of aromatic nitrogens is 1. The van der Waals surface area contributed by atoms with Gasteiger partial charge in [0, 0.05) is 12.6 Å². The minimum absolute atomic E-state index is 0.0623. The van der Waals surface area contributed by atoms with E-state index in [1.807, 2.05) is 0 Å². The number of rotatable bonds is 3. The number of sulfone groups is 1. The molecule has 0 amide bonds. The summed E-state index contributed by atoms with van der Waals surface area (Å²) in [4.78, 5) is 15.4. The van der Waals surface area contributed by atoms with E-state index in [9.17, 15) is 13.2 Å². The van der Waals surface area contributed by atoms with Gasteiger partial charge in [-0.1, -0.05) is 30.3 Å². The molecule has 1 heterocycles. The topological polar surface area (TPSA) is 60.5 Å². The number of hydrogen-bond donors (Lipinski definition) is 0. The van der Waals surface area contributed by atoms with Gasteiger partial charge in [-0.2, -0.15) is 0 Å². The zero-order chi connectivity index (χ0) is 18.2. The van der Waals surface area contributed by atoms with E-state index in [0.29, 0.717) is 16.8 Å². The molecule has 126 valence electrons. The summed E-state index contributed by atoms with van der Waals surface area (Å²) in [6, 6.07) is 13.0. The van der Waals surface area contributed by atoms with Gasteiger partial charge in [0.05, 0.1) is 22.7 Å². The second-order valence-corrected chi connectivity index (χ2v) is 7.94. The van der Waals surface area contributed by atoms with Gasteiger partial charge >= 0.3 is 0 Å². The van der Waals surface area contributed by atoms with Crippen molar-refractivity contribution in [2.75, 3.05) is 0 Å². The predicted molar refractivity (Wildman–Crippen MR) is 97.5 cm³/mol. The Kier molecular flexibility index (Phi) is 4.19. The maximum Gasteiger partial charge on any atom is 0.253 e. The molecular weight excluding hydrogens is 336 g/mol. The van der Waals surface area contributed by atoms with Gasteiger partial charge in [-0.05, 0) is 36.1 Å². The summed E-state index contributed by atoms with van der Waals surface area (Å²) in [5, 5.41) is 0.829. The van der Waals surface area contributed by atoms with Crippen LogP contribution in [0.15, 0.2) is 58.2 Å². The van der Waals surface area contributed by atoms with Gasteiger partial charge in [0.15, 0.2) is 15.5 Å². The minimum Gasteiger partial charge on any atom is -0.311 e. The van der Waals surface area contributed by atoms with E-state index < -0.39 is 9.84 Å². The van der Waals surface area contributed by atoms with Gasteiger partial charge < -0.3 is 4.57 Å². The van der Waals surface area contributed by atoms with Crippen LogP contribution in [-0.4, -0.2) is 13.0 Å². The van der Waals surface area contributed by atoms with Crippen molar-refractivity contribution in [2.24, 2.45) is 7.05 Å². The lowest BCUT2D eigenvalue weighted by Gasteiger charge is -2.09. The highest BCUT2D eigenvalue weighted by Gasteiger charge is 2.16. The van der Waals surface area contributed by atoms with Crippen LogP contribution in [0, 0.1) is 13.5 Å². The van der Waals surface area contributed by atoms with Gasteiger partial charge in [-0.15, -0.1) is 0 Å². The van der Waals surface area contributed by atoms with Gasteiger partial charge in [0.2, 0.25) is 0 Å². The predicted octanol–water partition coefficient (Wildman–Crippen LogP) is 3.37.